The zero-order valence-electron chi connectivity index (χ0n) is 9.54. The van der Waals surface area contributed by atoms with Crippen molar-refractivity contribution < 1.29 is 9.53 Å². The van der Waals surface area contributed by atoms with Crippen molar-refractivity contribution in [1.82, 2.24) is 0 Å². The number of carbonyl (C=O) groups excluding carboxylic acids is 1. The number of hydrogen-bond donors (Lipinski definition) is 0. The lowest BCUT2D eigenvalue weighted by atomic mass is 10.1. The lowest BCUT2D eigenvalue weighted by molar-refractivity contribution is 0.0601. The highest BCUT2D eigenvalue weighted by atomic mass is 16.5. The highest BCUT2D eigenvalue weighted by molar-refractivity contribution is 5.89. The summed E-state index contributed by atoms with van der Waals surface area (Å²) < 4.78 is 4.60. The second kappa shape index (κ2) is 7.09. The summed E-state index contributed by atoms with van der Waals surface area (Å²) in [6, 6.07) is 7.07. The van der Waals surface area contributed by atoms with Crippen molar-refractivity contribution in [3.63, 3.8) is 0 Å². The molecular formula is C12H13N3O2. The standard InChI is InChI=1S/C12H13N3O2/c1-17-12(16)11-7-5-10(6-8-11)4-2-3-9-14-15-13/h2,4-8H,3,9H2,1H3. The fraction of sp³-hybridized carbons (Fsp3) is 0.250. The van der Waals surface area contributed by atoms with E-state index in [2.05, 4.69) is 14.8 Å². The number of methoxy groups -OCH3 is 1. The van der Waals surface area contributed by atoms with Crippen LogP contribution in [0.5, 0.6) is 0 Å². The molecule has 5 heteroatoms. The predicted octanol–water partition coefficient (Wildman–Crippen LogP) is 3.19. The van der Waals surface area contributed by atoms with Gasteiger partial charge in [0.05, 0.1) is 12.7 Å². The van der Waals surface area contributed by atoms with Crippen LogP contribution in [0.4, 0.5) is 0 Å². The van der Waals surface area contributed by atoms with Gasteiger partial charge < -0.3 is 4.74 Å². The average Bonchev–Trinajstić information content (AvgIpc) is 2.38. The van der Waals surface area contributed by atoms with Crippen LogP contribution in [0.3, 0.4) is 0 Å². The van der Waals surface area contributed by atoms with Crippen molar-refractivity contribution in [3.8, 4) is 0 Å². The molecule has 0 aliphatic carbocycles. The van der Waals surface area contributed by atoms with Gasteiger partial charge >= 0.3 is 5.97 Å². The van der Waals surface area contributed by atoms with Crippen LogP contribution in [0.2, 0.25) is 0 Å². The zero-order chi connectivity index (χ0) is 12.5. The SMILES string of the molecule is COC(=O)c1ccc(C=CCCN=[N+]=[N-])cc1. The second-order valence-corrected chi connectivity index (χ2v) is 3.26. The maximum Gasteiger partial charge on any atom is 0.337 e. The lowest BCUT2D eigenvalue weighted by Gasteiger charge is -1.99. The summed E-state index contributed by atoms with van der Waals surface area (Å²) in [5.41, 5.74) is 9.59. The first-order chi connectivity index (χ1) is 8.27. The number of ether oxygens (including phenoxy) is 1. The number of rotatable bonds is 5. The van der Waals surface area contributed by atoms with Crippen molar-refractivity contribution >= 4 is 12.0 Å². The second-order valence-electron chi connectivity index (χ2n) is 3.26. The lowest BCUT2D eigenvalue weighted by Crippen LogP contribution is -2.00. The molecule has 1 aromatic carbocycles. The van der Waals surface area contributed by atoms with Gasteiger partial charge in [-0.1, -0.05) is 29.4 Å². The van der Waals surface area contributed by atoms with E-state index in [1.807, 2.05) is 24.3 Å². The van der Waals surface area contributed by atoms with Gasteiger partial charge in [-0.15, -0.1) is 0 Å². The minimum Gasteiger partial charge on any atom is -0.465 e. The van der Waals surface area contributed by atoms with E-state index in [9.17, 15) is 4.79 Å². The molecule has 0 saturated carbocycles. The smallest absolute Gasteiger partial charge is 0.337 e. The zero-order valence-corrected chi connectivity index (χ0v) is 9.54. The van der Waals surface area contributed by atoms with E-state index in [0.29, 0.717) is 18.5 Å². The van der Waals surface area contributed by atoms with Crippen LogP contribution in [0, 0.1) is 0 Å². The summed E-state index contributed by atoms with van der Waals surface area (Å²) in [5.74, 6) is -0.344. The normalized spacial score (nSPS) is 9.94. The molecule has 0 heterocycles. The van der Waals surface area contributed by atoms with E-state index >= 15 is 0 Å². The Balaban J connectivity index is 2.56. The number of carbonyl (C=O) groups is 1. The van der Waals surface area contributed by atoms with Crippen molar-refractivity contribution in [2.45, 2.75) is 6.42 Å². The number of nitrogens with zero attached hydrogens (tertiary/aromatic N) is 3. The summed E-state index contributed by atoms with van der Waals surface area (Å²) in [6.07, 6.45) is 4.53. The Kier molecular flexibility index (Phi) is 5.34. The Morgan fingerprint density at radius 3 is 2.76 bits per heavy atom. The molecule has 1 rings (SSSR count). The highest BCUT2D eigenvalue weighted by Crippen LogP contribution is 2.07. The van der Waals surface area contributed by atoms with Gasteiger partial charge in [0.2, 0.25) is 0 Å². The topological polar surface area (TPSA) is 75.1 Å². The van der Waals surface area contributed by atoms with Gasteiger partial charge in [0.15, 0.2) is 0 Å². The fourth-order valence-electron chi connectivity index (χ4n) is 1.24. The van der Waals surface area contributed by atoms with Gasteiger partial charge in [-0.3, -0.25) is 0 Å². The first kappa shape index (κ1) is 12.8. The first-order valence-electron chi connectivity index (χ1n) is 5.13. The Labute approximate surface area is 99.3 Å². The minimum atomic E-state index is -0.344. The Morgan fingerprint density at radius 2 is 2.18 bits per heavy atom. The Bertz CT molecular complexity index is 445. The van der Waals surface area contributed by atoms with Crippen LogP contribution in [-0.4, -0.2) is 19.6 Å². The third kappa shape index (κ3) is 4.40. The molecule has 88 valence electrons. The number of benzene rings is 1. The van der Waals surface area contributed by atoms with E-state index in [1.165, 1.54) is 7.11 Å². The van der Waals surface area contributed by atoms with E-state index in [4.69, 9.17) is 5.53 Å². The molecule has 17 heavy (non-hydrogen) atoms. The summed E-state index contributed by atoms with van der Waals surface area (Å²) in [4.78, 5) is 13.8. The third-order valence-corrected chi connectivity index (χ3v) is 2.10. The molecule has 0 aliphatic heterocycles. The predicted molar refractivity (Wildman–Crippen MR) is 65.4 cm³/mol. The average molecular weight is 231 g/mol. The van der Waals surface area contributed by atoms with Crippen LogP contribution in [0.25, 0.3) is 16.5 Å². The van der Waals surface area contributed by atoms with Gasteiger partial charge in [0.25, 0.3) is 0 Å². The molecule has 1 aromatic rings. The quantitative estimate of drug-likeness (QED) is 0.256. The van der Waals surface area contributed by atoms with Crippen molar-refractivity contribution in [2.75, 3.05) is 13.7 Å². The molecule has 0 aliphatic rings. The minimum absolute atomic E-state index is 0.344. The Morgan fingerprint density at radius 1 is 1.47 bits per heavy atom. The monoisotopic (exact) mass is 231 g/mol. The van der Waals surface area contributed by atoms with Gasteiger partial charge in [-0.2, -0.15) is 0 Å². The molecule has 0 N–H and O–H groups in total. The van der Waals surface area contributed by atoms with Gasteiger partial charge in [0, 0.05) is 11.5 Å². The van der Waals surface area contributed by atoms with E-state index in [1.54, 1.807) is 12.1 Å². The maximum atomic E-state index is 11.2. The molecule has 0 fully saturated rings. The molecule has 0 atom stereocenters. The molecule has 0 unspecified atom stereocenters. The fourth-order valence-corrected chi connectivity index (χ4v) is 1.24. The number of hydrogen-bond acceptors (Lipinski definition) is 3. The van der Waals surface area contributed by atoms with Crippen LogP contribution in [0.1, 0.15) is 22.3 Å². The largest absolute Gasteiger partial charge is 0.465 e. The van der Waals surface area contributed by atoms with Gasteiger partial charge in [-0.25, -0.2) is 4.79 Å². The molecular weight excluding hydrogens is 218 g/mol. The number of esters is 1. The summed E-state index contributed by atoms with van der Waals surface area (Å²) >= 11 is 0. The summed E-state index contributed by atoms with van der Waals surface area (Å²) in [7, 11) is 1.35. The number of azide groups is 1. The molecule has 0 saturated heterocycles. The van der Waals surface area contributed by atoms with Gasteiger partial charge in [-0.05, 0) is 29.6 Å². The van der Waals surface area contributed by atoms with Crippen molar-refractivity contribution in [2.24, 2.45) is 5.11 Å². The Hall–Kier alpha value is -2.26. The molecule has 0 bridgehead atoms. The molecule has 0 aromatic heterocycles. The maximum absolute atomic E-state index is 11.2. The molecule has 0 radical (unpaired) electrons. The highest BCUT2D eigenvalue weighted by Gasteiger charge is 2.02. The molecule has 5 nitrogen and oxygen atoms in total. The summed E-state index contributed by atoms with van der Waals surface area (Å²) in [5, 5.41) is 3.42. The first-order valence-corrected chi connectivity index (χ1v) is 5.13. The van der Waals surface area contributed by atoms with E-state index < -0.39 is 0 Å². The van der Waals surface area contributed by atoms with E-state index in [-0.39, 0.29) is 5.97 Å². The van der Waals surface area contributed by atoms with E-state index in [0.717, 1.165) is 5.56 Å². The van der Waals surface area contributed by atoms with Crippen LogP contribution < -0.4 is 0 Å². The van der Waals surface area contributed by atoms with Crippen LogP contribution >= 0.6 is 0 Å². The third-order valence-electron chi connectivity index (χ3n) is 2.10. The molecule has 0 spiro atoms. The van der Waals surface area contributed by atoms with Crippen LogP contribution in [-0.2, 0) is 4.74 Å². The van der Waals surface area contributed by atoms with Crippen molar-refractivity contribution in [1.29, 1.82) is 0 Å². The molecule has 0 amide bonds. The van der Waals surface area contributed by atoms with Crippen LogP contribution in [0.15, 0.2) is 35.5 Å². The summed E-state index contributed by atoms with van der Waals surface area (Å²) in [6.45, 7) is 0.452. The van der Waals surface area contributed by atoms with Gasteiger partial charge in [0.1, 0.15) is 0 Å². The van der Waals surface area contributed by atoms with Crippen molar-refractivity contribution in [3.05, 3.63) is 51.9 Å².